The minimum Gasteiger partial charge on any atom is -0.246 e. The van der Waals surface area contributed by atoms with Crippen LogP contribution in [0.4, 0.5) is 13.2 Å². The number of rotatable bonds is 1. The summed E-state index contributed by atoms with van der Waals surface area (Å²) in [5, 5.41) is 0. The first-order valence-corrected chi connectivity index (χ1v) is 4.97. The van der Waals surface area contributed by atoms with Crippen molar-refractivity contribution in [3.63, 3.8) is 0 Å². The summed E-state index contributed by atoms with van der Waals surface area (Å²) in [6, 6.07) is 0. The Bertz CT molecular complexity index is 303. The Labute approximate surface area is 94.0 Å². The first kappa shape index (κ1) is 10.5. The highest BCUT2D eigenvalue weighted by Gasteiger charge is 2.19. The van der Waals surface area contributed by atoms with E-state index in [0.717, 1.165) is 6.20 Å². The largest absolute Gasteiger partial charge is 0.267 e. The third kappa shape index (κ3) is 2.01. The lowest BCUT2D eigenvalue weighted by Crippen LogP contribution is -1.99. The topological polar surface area (TPSA) is 12.9 Å². The second-order valence-corrected chi connectivity index (χ2v) is 4.03. The summed E-state index contributed by atoms with van der Waals surface area (Å²) in [7, 11) is 0. The van der Waals surface area contributed by atoms with Gasteiger partial charge in [-0.2, -0.15) is 0 Å². The van der Waals surface area contributed by atoms with E-state index in [2.05, 4.69) is 4.98 Å². The molecule has 6 heteroatoms. The van der Waals surface area contributed by atoms with E-state index >= 15 is 0 Å². The molecule has 1 aromatic heterocycles. The fourth-order valence-electron chi connectivity index (χ4n) is 0.656. The molecule has 0 saturated heterocycles. The molecule has 66 valence electrons. The van der Waals surface area contributed by atoms with Crippen LogP contribution in [0.2, 0.25) is 0 Å². The zero-order valence-corrected chi connectivity index (χ0v) is 9.81. The Balaban J connectivity index is 3.33. The summed E-state index contributed by atoms with van der Waals surface area (Å²) >= 11 is 3.44. The van der Waals surface area contributed by atoms with Crippen molar-refractivity contribution >= 4 is 45.2 Å². The molecule has 0 bridgehead atoms. The number of hydrogen-bond acceptors (Lipinski definition) is 1. The van der Waals surface area contributed by atoms with Crippen LogP contribution in [0.3, 0.4) is 0 Å². The van der Waals surface area contributed by atoms with Gasteiger partial charge in [-0.25, -0.2) is 18.2 Å². The molecule has 0 spiro atoms. The zero-order chi connectivity index (χ0) is 9.30. The third-order valence-corrected chi connectivity index (χ3v) is 4.13. The molecule has 1 aromatic rings. The molecule has 12 heavy (non-hydrogen) atoms. The van der Waals surface area contributed by atoms with Gasteiger partial charge in [-0.05, 0) is 45.2 Å². The second-order valence-electron chi connectivity index (χ2n) is 1.93. The molecule has 0 aliphatic heterocycles. The van der Waals surface area contributed by atoms with Crippen molar-refractivity contribution < 1.29 is 13.2 Å². The molecule has 0 aromatic carbocycles. The van der Waals surface area contributed by atoms with Gasteiger partial charge in [0.05, 0.1) is 15.3 Å². The summed E-state index contributed by atoms with van der Waals surface area (Å²) in [6.07, 6.45) is -1.97. The summed E-state index contributed by atoms with van der Waals surface area (Å²) in [4.78, 5) is 3.59. The average Bonchev–Trinajstić information content (AvgIpc) is 1.97. The predicted octanol–water partition coefficient (Wildman–Crippen LogP) is 3.37. The van der Waals surface area contributed by atoms with E-state index in [1.807, 2.05) is 0 Å². The van der Waals surface area contributed by atoms with Crippen LogP contribution in [0.25, 0.3) is 0 Å². The van der Waals surface area contributed by atoms with Crippen LogP contribution in [0, 0.1) is 13.1 Å². The molecule has 0 amide bonds. The van der Waals surface area contributed by atoms with Crippen molar-refractivity contribution in [3.8, 4) is 0 Å². The highest BCUT2D eigenvalue weighted by atomic mass is 127. The second kappa shape index (κ2) is 4.07. The van der Waals surface area contributed by atoms with Crippen molar-refractivity contribution in [1.29, 1.82) is 0 Å². The Kier molecular flexibility index (Phi) is 3.56. The van der Waals surface area contributed by atoms with E-state index < -0.39 is 17.8 Å². The molecule has 1 nitrogen and oxygen atoms in total. The number of alkyl halides is 2. The Morgan fingerprint density at radius 1 is 1.33 bits per heavy atom. The zero-order valence-electron chi connectivity index (χ0n) is 5.49. The van der Waals surface area contributed by atoms with Crippen LogP contribution in [-0.2, 0) is 0 Å². The average molecular weight is 399 g/mol. The maximum Gasteiger partial charge on any atom is 0.267 e. The Morgan fingerprint density at radius 3 is 2.33 bits per heavy atom. The highest BCUT2D eigenvalue weighted by molar-refractivity contribution is 14.1. The molecule has 0 atom stereocenters. The van der Waals surface area contributed by atoms with Crippen molar-refractivity contribution in [3.05, 3.63) is 24.8 Å². The number of hydrogen-bond donors (Lipinski definition) is 0. The number of halogens is 5. The van der Waals surface area contributed by atoms with Gasteiger partial charge >= 0.3 is 0 Å². The molecular weight excluding hydrogens is 397 g/mol. The minimum atomic E-state index is -2.78. The quantitative estimate of drug-likeness (QED) is 0.522. The van der Waals surface area contributed by atoms with Crippen molar-refractivity contribution in [2.24, 2.45) is 0 Å². The summed E-state index contributed by atoms with van der Waals surface area (Å²) in [5.41, 5.74) is -0.560. The van der Waals surface area contributed by atoms with Gasteiger partial charge in [0.25, 0.3) is 6.43 Å². The number of pyridine rings is 1. The maximum absolute atomic E-state index is 12.7. The number of aromatic nitrogens is 1. The van der Waals surface area contributed by atoms with Gasteiger partial charge in [0.15, 0.2) is 5.82 Å². The van der Waals surface area contributed by atoms with Gasteiger partial charge in [0.1, 0.15) is 3.70 Å². The van der Waals surface area contributed by atoms with Gasteiger partial charge in [-0.1, -0.05) is 0 Å². The van der Waals surface area contributed by atoms with E-state index in [1.54, 1.807) is 45.2 Å². The van der Waals surface area contributed by atoms with Crippen molar-refractivity contribution in [2.45, 2.75) is 6.43 Å². The molecule has 0 radical (unpaired) electrons. The Hall–Kier alpha value is 0.400. The molecule has 0 saturated carbocycles. The first-order valence-electron chi connectivity index (χ1n) is 2.81. The Morgan fingerprint density at radius 2 is 1.92 bits per heavy atom. The van der Waals surface area contributed by atoms with E-state index in [4.69, 9.17) is 0 Å². The van der Waals surface area contributed by atoms with E-state index in [1.165, 1.54) is 0 Å². The van der Waals surface area contributed by atoms with Crippen LogP contribution in [0.15, 0.2) is 6.20 Å². The van der Waals surface area contributed by atoms with Gasteiger partial charge in [-0.15, -0.1) is 0 Å². The number of nitrogens with zero attached hydrogens (tertiary/aromatic N) is 1. The van der Waals surface area contributed by atoms with Crippen LogP contribution in [0.5, 0.6) is 0 Å². The molecular formula is C6H2F3I2N. The van der Waals surface area contributed by atoms with Gasteiger partial charge < -0.3 is 0 Å². The van der Waals surface area contributed by atoms with Crippen molar-refractivity contribution in [1.82, 2.24) is 4.98 Å². The summed E-state index contributed by atoms with van der Waals surface area (Å²) < 4.78 is 37.7. The van der Waals surface area contributed by atoms with Crippen LogP contribution < -0.4 is 0 Å². The van der Waals surface area contributed by atoms with Crippen molar-refractivity contribution in [2.75, 3.05) is 0 Å². The smallest absolute Gasteiger partial charge is 0.246 e. The van der Waals surface area contributed by atoms with E-state index in [9.17, 15) is 13.2 Å². The van der Waals surface area contributed by atoms with Crippen LogP contribution in [0.1, 0.15) is 12.0 Å². The summed E-state index contributed by atoms with van der Waals surface area (Å²) in [5.74, 6) is -0.949. The molecule has 0 unspecified atom stereocenters. The highest BCUT2D eigenvalue weighted by Crippen LogP contribution is 2.28. The molecule has 0 fully saturated rings. The lowest BCUT2D eigenvalue weighted by atomic mass is 10.3. The van der Waals surface area contributed by atoms with Gasteiger partial charge in [0, 0.05) is 0 Å². The van der Waals surface area contributed by atoms with Gasteiger partial charge in [-0.3, -0.25) is 0 Å². The lowest BCUT2D eigenvalue weighted by Gasteiger charge is -2.04. The molecule has 0 aliphatic rings. The fourth-order valence-corrected chi connectivity index (χ4v) is 1.72. The third-order valence-electron chi connectivity index (χ3n) is 1.18. The monoisotopic (exact) mass is 399 g/mol. The first-order chi connectivity index (χ1) is 5.54. The molecule has 1 rings (SSSR count). The van der Waals surface area contributed by atoms with Crippen LogP contribution >= 0.6 is 45.2 Å². The molecule has 0 aliphatic carbocycles. The fraction of sp³-hybridized carbons (Fsp3) is 0.167. The van der Waals surface area contributed by atoms with Crippen LogP contribution in [-0.4, -0.2) is 4.98 Å². The van der Waals surface area contributed by atoms with Gasteiger partial charge in [0.2, 0.25) is 0 Å². The standard InChI is InChI=1S/C6H2F3I2N/c7-2-1-12-6(11)4(10)3(2)5(8)9/h1,5H. The van der Waals surface area contributed by atoms with E-state index in [-0.39, 0.29) is 3.57 Å². The molecule has 0 N–H and O–H groups in total. The SMILES string of the molecule is Fc1cnc(I)c(I)c1C(F)F. The van der Waals surface area contributed by atoms with E-state index in [0.29, 0.717) is 3.70 Å². The summed E-state index contributed by atoms with van der Waals surface area (Å²) in [6.45, 7) is 0. The maximum atomic E-state index is 12.7. The lowest BCUT2D eigenvalue weighted by molar-refractivity contribution is 0.145. The predicted molar refractivity (Wildman–Crippen MR) is 54.6 cm³/mol. The normalized spacial score (nSPS) is 10.8. The molecule has 1 heterocycles. The minimum absolute atomic E-state index is 0.184.